The van der Waals surface area contributed by atoms with Crippen molar-refractivity contribution in [2.75, 3.05) is 30.4 Å². The topological polar surface area (TPSA) is 54.5 Å². The summed E-state index contributed by atoms with van der Waals surface area (Å²) in [5, 5.41) is 4.40. The lowest BCUT2D eigenvalue weighted by Crippen LogP contribution is -2.29. The van der Waals surface area contributed by atoms with Gasteiger partial charge in [0.25, 0.3) is 5.91 Å². The van der Waals surface area contributed by atoms with Gasteiger partial charge in [0.05, 0.1) is 12.8 Å². The van der Waals surface area contributed by atoms with Crippen LogP contribution in [0.3, 0.4) is 0 Å². The lowest BCUT2D eigenvalue weighted by Gasteiger charge is -2.18. The molecule has 1 N–H and O–H groups in total. The van der Waals surface area contributed by atoms with E-state index in [-0.39, 0.29) is 5.91 Å². The molecule has 5 nitrogen and oxygen atoms in total. The van der Waals surface area contributed by atoms with Crippen molar-refractivity contribution in [3.8, 4) is 17.0 Å². The first-order valence-electron chi connectivity index (χ1n) is 11.9. The van der Waals surface area contributed by atoms with E-state index in [9.17, 15) is 4.79 Å². The molecule has 5 rings (SSSR count). The number of carbonyl (C=O) groups is 1. The monoisotopic (exact) mass is 483 g/mol. The van der Waals surface area contributed by atoms with Gasteiger partial charge in [-0.05, 0) is 73.7 Å². The number of nitrogens with zero attached hydrogens (tertiary/aromatic N) is 2. The summed E-state index contributed by atoms with van der Waals surface area (Å²) in [7, 11) is 1.69. The van der Waals surface area contributed by atoms with Gasteiger partial charge in [-0.15, -0.1) is 11.3 Å². The molecule has 1 amide bonds. The molecule has 1 aliphatic heterocycles. The largest absolute Gasteiger partial charge is 0.497 e. The first-order chi connectivity index (χ1) is 17.0. The molecule has 0 fully saturated rings. The van der Waals surface area contributed by atoms with Crippen LogP contribution in [0.15, 0.2) is 66.7 Å². The fourth-order valence-corrected chi connectivity index (χ4v) is 5.46. The van der Waals surface area contributed by atoms with Crippen molar-refractivity contribution >= 4 is 28.1 Å². The number of amides is 1. The van der Waals surface area contributed by atoms with Crippen LogP contribution in [0.5, 0.6) is 5.75 Å². The SMILES string of the molecule is COc1cccc(CCNc2nc(-c3ccc4c(c3)CCN4C(=O)c3ccccc3C)c(C)s2)c1. The number of hydrogen-bond acceptors (Lipinski definition) is 5. The molecule has 0 bridgehead atoms. The summed E-state index contributed by atoms with van der Waals surface area (Å²) in [5.41, 5.74) is 7.31. The number of benzene rings is 3. The van der Waals surface area contributed by atoms with Gasteiger partial charge in [-0.2, -0.15) is 0 Å². The van der Waals surface area contributed by atoms with Crippen molar-refractivity contribution in [1.82, 2.24) is 4.98 Å². The minimum absolute atomic E-state index is 0.0713. The maximum absolute atomic E-state index is 13.2. The summed E-state index contributed by atoms with van der Waals surface area (Å²) in [5.74, 6) is 0.951. The molecule has 0 radical (unpaired) electrons. The van der Waals surface area contributed by atoms with E-state index in [1.54, 1.807) is 18.4 Å². The Hall–Kier alpha value is -3.64. The molecule has 178 valence electrons. The van der Waals surface area contributed by atoms with E-state index in [1.807, 2.05) is 48.2 Å². The molecular weight excluding hydrogens is 454 g/mol. The summed E-state index contributed by atoms with van der Waals surface area (Å²) in [4.78, 5) is 21.2. The number of aryl methyl sites for hydroxylation is 2. The van der Waals surface area contributed by atoms with E-state index in [1.165, 1.54) is 16.0 Å². The van der Waals surface area contributed by atoms with Crippen LogP contribution in [0.1, 0.15) is 31.9 Å². The molecule has 0 saturated heterocycles. The standard InChI is InChI=1S/C29H29N3O2S/c1-19-7-4-5-10-25(19)28(33)32-16-14-22-18-23(11-12-26(22)32)27-20(2)35-29(31-27)30-15-13-21-8-6-9-24(17-21)34-3/h4-12,17-18H,13-16H2,1-3H3,(H,30,31). The van der Waals surface area contributed by atoms with E-state index >= 15 is 0 Å². The van der Waals surface area contributed by atoms with Gasteiger partial charge in [0.15, 0.2) is 5.13 Å². The summed E-state index contributed by atoms with van der Waals surface area (Å²) in [6, 6.07) is 22.3. The third-order valence-electron chi connectivity index (χ3n) is 6.49. The van der Waals surface area contributed by atoms with Gasteiger partial charge in [-0.25, -0.2) is 4.98 Å². The second kappa shape index (κ2) is 9.92. The van der Waals surface area contributed by atoms with Crippen molar-refractivity contribution in [2.45, 2.75) is 26.7 Å². The molecule has 0 aliphatic carbocycles. The molecule has 1 aliphatic rings. The highest BCUT2D eigenvalue weighted by Crippen LogP contribution is 2.36. The van der Waals surface area contributed by atoms with Crippen molar-refractivity contribution in [1.29, 1.82) is 0 Å². The van der Waals surface area contributed by atoms with Crippen LogP contribution >= 0.6 is 11.3 Å². The maximum atomic E-state index is 13.2. The highest BCUT2D eigenvalue weighted by molar-refractivity contribution is 7.16. The van der Waals surface area contributed by atoms with Gasteiger partial charge >= 0.3 is 0 Å². The average molecular weight is 484 g/mol. The van der Waals surface area contributed by atoms with Crippen molar-refractivity contribution in [3.63, 3.8) is 0 Å². The zero-order valence-electron chi connectivity index (χ0n) is 20.3. The Morgan fingerprint density at radius 3 is 2.77 bits per heavy atom. The molecule has 6 heteroatoms. The normalized spacial score (nSPS) is 12.5. The Morgan fingerprint density at radius 1 is 1.09 bits per heavy atom. The van der Waals surface area contributed by atoms with Gasteiger partial charge in [0, 0.05) is 34.8 Å². The predicted molar refractivity (Wildman–Crippen MR) is 144 cm³/mol. The lowest BCUT2D eigenvalue weighted by atomic mass is 10.0. The number of rotatable bonds is 7. The van der Waals surface area contributed by atoms with Gasteiger partial charge in [0.2, 0.25) is 0 Å². The Kier molecular flexibility index (Phi) is 6.55. The molecule has 35 heavy (non-hydrogen) atoms. The minimum atomic E-state index is 0.0713. The number of thiazole rings is 1. The molecule has 2 heterocycles. The van der Waals surface area contributed by atoms with Crippen molar-refractivity contribution in [2.24, 2.45) is 0 Å². The summed E-state index contributed by atoms with van der Waals surface area (Å²) >= 11 is 1.68. The van der Waals surface area contributed by atoms with E-state index in [2.05, 4.69) is 42.6 Å². The molecule has 0 atom stereocenters. The fraction of sp³-hybridized carbons (Fsp3) is 0.241. The average Bonchev–Trinajstić information content (AvgIpc) is 3.46. The quantitative estimate of drug-likeness (QED) is 0.335. The van der Waals surface area contributed by atoms with E-state index < -0.39 is 0 Å². The van der Waals surface area contributed by atoms with Crippen LogP contribution in [0.4, 0.5) is 10.8 Å². The smallest absolute Gasteiger partial charge is 0.258 e. The number of anilines is 2. The minimum Gasteiger partial charge on any atom is -0.497 e. The van der Waals surface area contributed by atoms with Crippen LogP contribution in [0, 0.1) is 13.8 Å². The number of hydrogen-bond donors (Lipinski definition) is 1. The molecule has 0 saturated carbocycles. The van der Waals surface area contributed by atoms with Gasteiger partial charge in [-0.1, -0.05) is 36.4 Å². The van der Waals surface area contributed by atoms with Crippen LogP contribution in [0.25, 0.3) is 11.3 Å². The second-order valence-corrected chi connectivity index (χ2v) is 10.0. The van der Waals surface area contributed by atoms with Gasteiger partial charge < -0.3 is 15.0 Å². The molecular formula is C29H29N3O2S. The summed E-state index contributed by atoms with van der Waals surface area (Å²) in [6.07, 6.45) is 1.75. The number of nitrogens with one attached hydrogen (secondary N) is 1. The highest BCUT2D eigenvalue weighted by Gasteiger charge is 2.27. The summed E-state index contributed by atoms with van der Waals surface area (Å²) < 4.78 is 5.31. The Labute approximate surface area is 210 Å². The van der Waals surface area contributed by atoms with Crippen LogP contribution in [-0.4, -0.2) is 31.1 Å². The molecule has 0 spiro atoms. The third kappa shape index (κ3) is 4.80. The second-order valence-electron chi connectivity index (χ2n) is 8.82. The first-order valence-corrected chi connectivity index (χ1v) is 12.7. The zero-order chi connectivity index (χ0) is 24.4. The van der Waals surface area contributed by atoms with E-state index in [4.69, 9.17) is 9.72 Å². The first kappa shape index (κ1) is 23.1. The van der Waals surface area contributed by atoms with Crippen LogP contribution in [-0.2, 0) is 12.8 Å². The lowest BCUT2D eigenvalue weighted by molar-refractivity contribution is 0.0989. The third-order valence-corrected chi connectivity index (χ3v) is 7.42. The fourth-order valence-electron chi connectivity index (χ4n) is 4.60. The van der Waals surface area contributed by atoms with Crippen molar-refractivity contribution in [3.05, 3.63) is 93.9 Å². The number of fused-ring (bicyclic) bond motifs is 1. The Morgan fingerprint density at radius 2 is 1.94 bits per heavy atom. The molecule has 4 aromatic rings. The Bertz CT molecular complexity index is 1380. The maximum Gasteiger partial charge on any atom is 0.258 e. The van der Waals surface area contributed by atoms with Crippen molar-refractivity contribution < 1.29 is 9.53 Å². The summed E-state index contributed by atoms with van der Waals surface area (Å²) in [6.45, 7) is 5.61. The van der Waals surface area contributed by atoms with Gasteiger partial charge in [0.1, 0.15) is 5.75 Å². The number of ether oxygens (including phenoxy) is 1. The molecule has 3 aromatic carbocycles. The zero-order valence-corrected chi connectivity index (χ0v) is 21.1. The highest BCUT2D eigenvalue weighted by atomic mass is 32.1. The Balaban J connectivity index is 1.29. The van der Waals surface area contributed by atoms with E-state index in [0.717, 1.165) is 58.3 Å². The van der Waals surface area contributed by atoms with E-state index in [0.29, 0.717) is 6.54 Å². The van der Waals surface area contributed by atoms with Crippen LogP contribution < -0.4 is 15.0 Å². The molecule has 0 unspecified atom stereocenters. The molecule has 1 aromatic heterocycles. The number of aromatic nitrogens is 1. The number of methoxy groups -OCH3 is 1. The number of carbonyl (C=O) groups excluding carboxylic acids is 1. The predicted octanol–water partition coefficient (Wildman–Crippen LogP) is 6.29. The van der Waals surface area contributed by atoms with Crippen LogP contribution in [0.2, 0.25) is 0 Å². The van der Waals surface area contributed by atoms with Gasteiger partial charge in [-0.3, -0.25) is 4.79 Å².